The highest BCUT2D eigenvalue weighted by Crippen LogP contribution is 2.31. The summed E-state index contributed by atoms with van der Waals surface area (Å²) >= 11 is 5.62. The normalized spacial score (nSPS) is 20.6. The number of thiocarbonyl (C=S) groups is 1. The standard InChI is InChI=1S/C20H30N4OS/c1-15-12-16(2)14-17(13-15)22-19(26)23-10-6-20(7-11-23,18(21)25)24-8-4-3-5-9-24/h12-14H,3-11H2,1-2H3,(H2,21,25)(H,22,26). The molecule has 2 heterocycles. The third-order valence-corrected chi connectivity index (χ3v) is 6.13. The molecule has 142 valence electrons. The molecular weight excluding hydrogens is 344 g/mol. The quantitative estimate of drug-likeness (QED) is 0.797. The number of hydrogen-bond acceptors (Lipinski definition) is 3. The van der Waals surface area contributed by atoms with E-state index in [1.807, 2.05) is 0 Å². The Bertz CT molecular complexity index is 656. The average Bonchev–Trinajstić information content (AvgIpc) is 2.61. The molecule has 0 saturated carbocycles. The number of nitrogens with one attached hydrogen (secondary N) is 1. The minimum Gasteiger partial charge on any atom is -0.368 e. The van der Waals surface area contributed by atoms with Crippen LogP contribution in [0.4, 0.5) is 5.69 Å². The predicted molar refractivity (Wildman–Crippen MR) is 110 cm³/mol. The van der Waals surface area contributed by atoms with Gasteiger partial charge in [-0.05, 0) is 88.1 Å². The van der Waals surface area contributed by atoms with Crippen LogP contribution in [0.5, 0.6) is 0 Å². The second kappa shape index (κ2) is 7.92. The van der Waals surface area contributed by atoms with E-state index in [-0.39, 0.29) is 5.91 Å². The van der Waals surface area contributed by atoms with Crippen molar-refractivity contribution < 1.29 is 4.79 Å². The lowest BCUT2D eigenvalue weighted by molar-refractivity contribution is -0.134. The zero-order valence-electron chi connectivity index (χ0n) is 15.9. The number of benzene rings is 1. The van der Waals surface area contributed by atoms with Crippen LogP contribution >= 0.6 is 12.2 Å². The van der Waals surface area contributed by atoms with Crippen molar-refractivity contribution in [1.29, 1.82) is 0 Å². The fourth-order valence-corrected chi connectivity index (χ4v) is 4.67. The minimum absolute atomic E-state index is 0.174. The van der Waals surface area contributed by atoms with Crippen LogP contribution in [0.15, 0.2) is 18.2 Å². The van der Waals surface area contributed by atoms with Gasteiger partial charge in [-0.3, -0.25) is 9.69 Å². The van der Waals surface area contributed by atoms with Gasteiger partial charge in [0.25, 0.3) is 0 Å². The lowest BCUT2D eigenvalue weighted by atomic mass is 9.83. The van der Waals surface area contributed by atoms with Gasteiger partial charge in [0.1, 0.15) is 5.54 Å². The lowest BCUT2D eigenvalue weighted by Gasteiger charge is -2.48. The van der Waals surface area contributed by atoms with Gasteiger partial charge < -0.3 is 16.0 Å². The first kappa shape index (κ1) is 19.1. The number of nitrogens with zero attached hydrogens (tertiary/aromatic N) is 2. The highest BCUT2D eigenvalue weighted by atomic mass is 32.1. The van der Waals surface area contributed by atoms with E-state index in [0.717, 1.165) is 62.7 Å². The molecule has 1 aromatic rings. The SMILES string of the molecule is Cc1cc(C)cc(NC(=S)N2CCC(C(N)=O)(N3CCCCC3)CC2)c1. The molecule has 6 heteroatoms. The fraction of sp³-hybridized carbons (Fsp3) is 0.600. The summed E-state index contributed by atoms with van der Waals surface area (Å²) in [6, 6.07) is 6.35. The largest absolute Gasteiger partial charge is 0.368 e. The minimum atomic E-state index is -0.494. The molecule has 2 aliphatic heterocycles. The summed E-state index contributed by atoms with van der Waals surface area (Å²) in [6.07, 6.45) is 5.06. The summed E-state index contributed by atoms with van der Waals surface area (Å²) in [7, 11) is 0. The number of carbonyl (C=O) groups is 1. The molecule has 0 atom stereocenters. The van der Waals surface area contributed by atoms with Crippen LogP contribution in [0.25, 0.3) is 0 Å². The van der Waals surface area contributed by atoms with E-state index < -0.39 is 5.54 Å². The van der Waals surface area contributed by atoms with Gasteiger partial charge in [-0.15, -0.1) is 0 Å². The number of piperidine rings is 2. The maximum atomic E-state index is 12.3. The summed E-state index contributed by atoms with van der Waals surface area (Å²) in [4.78, 5) is 16.8. The van der Waals surface area contributed by atoms with Crippen LogP contribution in [0, 0.1) is 13.8 Å². The zero-order chi connectivity index (χ0) is 18.7. The van der Waals surface area contributed by atoms with Crippen molar-refractivity contribution in [2.24, 2.45) is 5.73 Å². The third-order valence-electron chi connectivity index (χ3n) is 5.77. The van der Waals surface area contributed by atoms with Gasteiger partial charge in [-0.1, -0.05) is 12.5 Å². The molecule has 0 spiro atoms. The van der Waals surface area contributed by atoms with E-state index in [1.54, 1.807) is 0 Å². The van der Waals surface area contributed by atoms with Crippen molar-refractivity contribution in [1.82, 2.24) is 9.80 Å². The molecule has 2 saturated heterocycles. The summed E-state index contributed by atoms with van der Waals surface area (Å²) in [5, 5.41) is 4.09. The number of aryl methyl sites for hydroxylation is 2. The van der Waals surface area contributed by atoms with E-state index in [9.17, 15) is 4.79 Å². The first-order chi connectivity index (χ1) is 12.4. The van der Waals surface area contributed by atoms with Gasteiger partial charge >= 0.3 is 0 Å². The average molecular weight is 375 g/mol. The van der Waals surface area contributed by atoms with Crippen LogP contribution < -0.4 is 11.1 Å². The summed E-state index contributed by atoms with van der Waals surface area (Å²) in [5.41, 5.74) is 8.82. The molecule has 5 nitrogen and oxygen atoms in total. The van der Waals surface area contributed by atoms with Gasteiger partial charge in [0, 0.05) is 18.8 Å². The molecule has 3 rings (SSSR count). The molecule has 0 aromatic heterocycles. The first-order valence-electron chi connectivity index (χ1n) is 9.60. The van der Waals surface area contributed by atoms with Gasteiger partial charge in [-0.25, -0.2) is 0 Å². The fourth-order valence-electron chi connectivity index (χ4n) is 4.37. The maximum absolute atomic E-state index is 12.3. The Hall–Kier alpha value is -1.66. The molecule has 2 fully saturated rings. The van der Waals surface area contributed by atoms with Crippen molar-refractivity contribution in [2.75, 3.05) is 31.5 Å². The highest BCUT2D eigenvalue weighted by Gasteiger charge is 2.45. The Morgan fingerprint density at radius 1 is 1.04 bits per heavy atom. The van der Waals surface area contributed by atoms with Crippen molar-refractivity contribution in [3.05, 3.63) is 29.3 Å². The Labute approximate surface area is 161 Å². The maximum Gasteiger partial charge on any atom is 0.238 e. The van der Waals surface area contributed by atoms with Crippen molar-refractivity contribution in [3.63, 3.8) is 0 Å². The van der Waals surface area contributed by atoms with Gasteiger partial charge in [-0.2, -0.15) is 0 Å². The number of hydrogen-bond donors (Lipinski definition) is 2. The number of primary amides is 1. The molecule has 26 heavy (non-hydrogen) atoms. The Kier molecular flexibility index (Phi) is 5.82. The number of amides is 1. The molecule has 0 radical (unpaired) electrons. The highest BCUT2D eigenvalue weighted by molar-refractivity contribution is 7.80. The molecule has 1 aromatic carbocycles. The third kappa shape index (κ3) is 4.01. The van der Waals surface area contributed by atoms with E-state index >= 15 is 0 Å². The smallest absolute Gasteiger partial charge is 0.238 e. The Morgan fingerprint density at radius 2 is 1.62 bits per heavy atom. The molecule has 0 bridgehead atoms. The molecular formula is C20H30N4OS. The summed E-state index contributed by atoms with van der Waals surface area (Å²) < 4.78 is 0. The number of anilines is 1. The van der Waals surface area contributed by atoms with Gasteiger partial charge in [0.05, 0.1) is 0 Å². The van der Waals surface area contributed by atoms with Gasteiger partial charge in [0.2, 0.25) is 5.91 Å². The van der Waals surface area contributed by atoms with Crippen molar-refractivity contribution in [3.8, 4) is 0 Å². The van der Waals surface area contributed by atoms with Crippen molar-refractivity contribution in [2.45, 2.75) is 51.5 Å². The summed E-state index contributed by atoms with van der Waals surface area (Å²) in [6.45, 7) is 7.65. The monoisotopic (exact) mass is 374 g/mol. The van der Waals surface area contributed by atoms with Gasteiger partial charge in [0.15, 0.2) is 5.11 Å². The van der Waals surface area contributed by atoms with Crippen LogP contribution in [0.1, 0.15) is 43.2 Å². The number of rotatable bonds is 3. The van der Waals surface area contributed by atoms with E-state index in [0.29, 0.717) is 0 Å². The number of carbonyl (C=O) groups excluding carboxylic acids is 1. The zero-order valence-corrected chi connectivity index (χ0v) is 16.7. The number of likely N-dealkylation sites (tertiary alicyclic amines) is 2. The summed E-state index contributed by atoms with van der Waals surface area (Å²) in [5.74, 6) is -0.174. The van der Waals surface area contributed by atoms with Crippen LogP contribution in [0.2, 0.25) is 0 Å². The molecule has 3 N–H and O–H groups in total. The molecule has 2 aliphatic rings. The van der Waals surface area contributed by atoms with E-state index in [1.165, 1.54) is 17.5 Å². The lowest BCUT2D eigenvalue weighted by Crippen LogP contribution is -2.64. The Morgan fingerprint density at radius 3 is 2.15 bits per heavy atom. The van der Waals surface area contributed by atoms with Crippen molar-refractivity contribution >= 4 is 28.9 Å². The molecule has 0 unspecified atom stereocenters. The second-order valence-corrected chi connectivity index (χ2v) is 8.12. The predicted octanol–water partition coefficient (Wildman–Crippen LogP) is 2.81. The molecule has 1 amide bonds. The molecule has 0 aliphatic carbocycles. The second-order valence-electron chi connectivity index (χ2n) is 7.74. The first-order valence-corrected chi connectivity index (χ1v) is 10.0. The Balaban J connectivity index is 1.64. The van der Waals surface area contributed by atoms with Crippen LogP contribution in [-0.2, 0) is 4.79 Å². The van der Waals surface area contributed by atoms with E-state index in [4.69, 9.17) is 18.0 Å². The van der Waals surface area contributed by atoms with Crippen LogP contribution in [-0.4, -0.2) is 52.5 Å². The van der Waals surface area contributed by atoms with Crippen LogP contribution in [0.3, 0.4) is 0 Å². The number of nitrogens with two attached hydrogens (primary N) is 1. The van der Waals surface area contributed by atoms with E-state index in [2.05, 4.69) is 47.2 Å². The topological polar surface area (TPSA) is 61.6 Å².